The molecule has 0 bridgehead atoms. The number of hydrogen-bond donors (Lipinski definition) is 2. The summed E-state index contributed by atoms with van der Waals surface area (Å²) in [7, 11) is 0. The van der Waals surface area contributed by atoms with Crippen molar-refractivity contribution in [3.63, 3.8) is 0 Å². The molecule has 2 aromatic carbocycles. The number of aliphatic hydroxyl groups excluding tert-OH is 1. The number of carboxylic acids is 1. The highest BCUT2D eigenvalue weighted by Crippen LogP contribution is 2.23. The number of rotatable bonds is 6. The van der Waals surface area contributed by atoms with Crippen LogP contribution in [0.5, 0.6) is 0 Å². The smallest absolute Gasteiger partial charge is 0.335 e. The van der Waals surface area contributed by atoms with E-state index in [2.05, 4.69) is 4.90 Å². The zero-order chi connectivity index (χ0) is 15.2. The van der Waals surface area contributed by atoms with Crippen molar-refractivity contribution < 1.29 is 15.0 Å². The lowest BCUT2D eigenvalue weighted by molar-refractivity contribution is 0.0697. The van der Waals surface area contributed by atoms with E-state index in [1.54, 1.807) is 18.2 Å². The van der Waals surface area contributed by atoms with Gasteiger partial charge in [0, 0.05) is 18.8 Å². The van der Waals surface area contributed by atoms with E-state index in [0.717, 1.165) is 16.8 Å². The van der Waals surface area contributed by atoms with E-state index in [1.165, 1.54) is 0 Å². The molecule has 0 aliphatic carbocycles. The fourth-order valence-electron chi connectivity index (χ4n) is 2.35. The minimum absolute atomic E-state index is 0.0486. The van der Waals surface area contributed by atoms with Crippen LogP contribution in [-0.2, 0) is 6.54 Å². The largest absolute Gasteiger partial charge is 0.478 e. The first-order valence-corrected chi connectivity index (χ1v) is 6.85. The Bertz CT molecular complexity index is 611. The van der Waals surface area contributed by atoms with Crippen molar-refractivity contribution in [3.05, 3.63) is 65.2 Å². The minimum atomic E-state index is -0.929. The average molecular weight is 285 g/mol. The van der Waals surface area contributed by atoms with Crippen molar-refractivity contribution >= 4 is 11.7 Å². The maximum Gasteiger partial charge on any atom is 0.335 e. The molecule has 0 spiro atoms. The molecule has 0 saturated heterocycles. The summed E-state index contributed by atoms with van der Waals surface area (Å²) >= 11 is 0. The molecule has 0 fully saturated rings. The van der Waals surface area contributed by atoms with Gasteiger partial charge in [-0.25, -0.2) is 4.79 Å². The van der Waals surface area contributed by atoms with Gasteiger partial charge < -0.3 is 15.1 Å². The summed E-state index contributed by atoms with van der Waals surface area (Å²) in [6, 6.07) is 15.0. The van der Waals surface area contributed by atoms with E-state index < -0.39 is 5.97 Å². The van der Waals surface area contributed by atoms with E-state index >= 15 is 0 Å². The molecule has 0 saturated carbocycles. The standard InChI is InChI=1S/C17H19NO3/c1-13-11-15(17(20)21)7-8-16(13)18(9-10-19)12-14-5-3-2-4-6-14/h2-8,11,19H,9-10,12H2,1H3,(H,20,21). The molecule has 0 aliphatic rings. The number of hydrogen-bond acceptors (Lipinski definition) is 3. The van der Waals surface area contributed by atoms with Crippen LogP contribution in [0.1, 0.15) is 21.5 Å². The Labute approximate surface area is 124 Å². The molecular weight excluding hydrogens is 266 g/mol. The van der Waals surface area contributed by atoms with Crippen molar-refractivity contribution in [1.29, 1.82) is 0 Å². The van der Waals surface area contributed by atoms with Crippen LogP contribution in [0.15, 0.2) is 48.5 Å². The molecule has 21 heavy (non-hydrogen) atoms. The summed E-state index contributed by atoms with van der Waals surface area (Å²) in [6.07, 6.45) is 0. The Kier molecular flexibility index (Phi) is 4.95. The molecule has 4 nitrogen and oxygen atoms in total. The van der Waals surface area contributed by atoms with Gasteiger partial charge in [-0.2, -0.15) is 0 Å². The molecule has 0 aromatic heterocycles. The Morgan fingerprint density at radius 2 is 1.86 bits per heavy atom. The summed E-state index contributed by atoms with van der Waals surface area (Å²) in [6.45, 7) is 3.11. The second-order valence-corrected chi connectivity index (χ2v) is 4.94. The number of aromatic carboxylic acids is 1. The summed E-state index contributed by atoms with van der Waals surface area (Å²) in [5.41, 5.74) is 3.25. The third-order valence-corrected chi connectivity index (χ3v) is 3.37. The van der Waals surface area contributed by atoms with E-state index in [1.807, 2.05) is 37.3 Å². The molecule has 0 unspecified atom stereocenters. The van der Waals surface area contributed by atoms with Crippen LogP contribution in [0.2, 0.25) is 0 Å². The summed E-state index contributed by atoms with van der Waals surface area (Å²) < 4.78 is 0. The van der Waals surface area contributed by atoms with Gasteiger partial charge in [-0.3, -0.25) is 0 Å². The second-order valence-electron chi connectivity index (χ2n) is 4.94. The van der Waals surface area contributed by atoms with Gasteiger partial charge in [-0.15, -0.1) is 0 Å². The first-order chi connectivity index (χ1) is 10.1. The molecule has 0 amide bonds. The van der Waals surface area contributed by atoms with Crippen LogP contribution in [-0.4, -0.2) is 29.3 Å². The lowest BCUT2D eigenvalue weighted by atomic mass is 10.1. The topological polar surface area (TPSA) is 60.8 Å². The van der Waals surface area contributed by atoms with E-state index in [0.29, 0.717) is 13.1 Å². The third kappa shape index (κ3) is 3.83. The fourth-order valence-corrected chi connectivity index (χ4v) is 2.35. The monoisotopic (exact) mass is 285 g/mol. The number of carbonyl (C=O) groups is 1. The quantitative estimate of drug-likeness (QED) is 0.856. The van der Waals surface area contributed by atoms with E-state index in [9.17, 15) is 9.90 Å². The molecule has 4 heteroatoms. The van der Waals surface area contributed by atoms with E-state index in [4.69, 9.17) is 5.11 Å². The average Bonchev–Trinajstić information content (AvgIpc) is 2.48. The lowest BCUT2D eigenvalue weighted by Crippen LogP contribution is -2.26. The van der Waals surface area contributed by atoms with Gasteiger partial charge >= 0.3 is 5.97 Å². The Morgan fingerprint density at radius 3 is 2.43 bits per heavy atom. The highest BCUT2D eigenvalue weighted by Gasteiger charge is 2.12. The number of aryl methyl sites for hydroxylation is 1. The maximum absolute atomic E-state index is 11.0. The third-order valence-electron chi connectivity index (χ3n) is 3.37. The first kappa shape index (κ1) is 15.1. The predicted octanol–water partition coefficient (Wildman–Crippen LogP) is 2.69. The first-order valence-electron chi connectivity index (χ1n) is 6.85. The normalized spacial score (nSPS) is 10.4. The van der Waals surface area contributed by atoms with Crippen molar-refractivity contribution in [1.82, 2.24) is 0 Å². The molecule has 0 heterocycles. The molecule has 2 N–H and O–H groups in total. The van der Waals surface area contributed by atoms with Crippen LogP contribution in [0.25, 0.3) is 0 Å². The molecule has 0 aliphatic heterocycles. The Morgan fingerprint density at radius 1 is 1.14 bits per heavy atom. The zero-order valence-corrected chi connectivity index (χ0v) is 12.0. The van der Waals surface area contributed by atoms with Crippen LogP contribution in [0, 0.1) is 6.92 Å². The molecule has 0 radical (unpaired) electrons. The van der Waals surface area contributed by atoms with Crippen LogP contribution in [0.4, 0.5) is 5.69 Å². The van der Waals surface area contributed by atoms with Crippen LogP contribution < -0.4 is 4.90 Å². The second kappa shape index (κ2) is 6.90. The van der Waals surface area contributed by atoms with E-state index in [-0.39, 0.29) is 12.2 Å². The Balaban J connectivity index is 2.27. The Hall–Kier alpha value is -2.33. The van der Waals surface area contributed by atoms with Crippen LogP contribution >= 0.6 is 0 Å². The van der Waals surface area contributed by atoms with Crippen molar-refractivity contribution in [2.45, 2.75) is 13.5 Å². The molecule has 2 aromatic rings. The number of benzene rings is 2. The summed E-state index contributed by atoms with van der Waals surface area (Å²) in [4.78, 5) is 13.0. The highest BCUT2D eigenvalue weighted by molar-refractivity contribution is 5.88. The lowest BCUT2D eigenvalue weighted by Gasteiger charge is -2.26. The van der Waals surface area contributed by atoms with Crippen molar-refractivity contribution in [2.75, 3.05) is 18.1 Å². The van der Waals surface area contributed by atoms with Gasteiger partial charge in [-0.05, 0) is 36.2 Å². The number of carboxylic acid groups (broad SMARTS) is 1. The van der Waals surface area contributed by atoms with Gasteiger partial charge in [-0.1, -0.05) is 30.3 Å². The fraction of sp³-hybridized carbons (Fsp3) is 0.235. The van der Waals surface area contributed by atoms with Gasteiger partial charge in [0.1, 0.15) is 0 Å². The zero-order valence-electron chi connectivity index (χ0n) is 12.0. The predicted molar refractivity (Wildman–Crippen MR) is 82.7 cm³/mol. The number of aliphatic hydroxyl groups is 1. The molecule has 110 valence electrons. The maximum atomic E-state index is 11.0. The van der Waals surface area contributed by atoms with Crippen molar-refractivity contribution in [2.24, 2.45) is 0 Å². The molecular formula is C17H19NO3. The minimum Gasteiger partial charge on any atom is -0.478 e. The van der Waals surface area contributed by atoms with Crippen molar-refractivity contribution in [3.8, 4) is 0 Å². The van der Waals surface area contributed by atoms with Gasteiger partial charge in [0.2, 0.25) is 0 Å². The van der Waals surface area contributed by atoms with Gasteiger partial charge in [0.05, 0.1) is 12.2 Å². The SMILES string of the molecule is Cc1cc(C(=O)O)ccc1N(CCO)Cc1ccccc1. The van der Waals surface area contributed by atoms with Crippen LogP contribution in [0.3, 0.4) is 0 Å². The molecule has 2 rings (SSSR count). The highest BCUT2D eigenvalue weighted by atomic mass is 16.4. The van der Waals surface area contributed by atoms with Gasteiger partial charge in [0.25, 0.3) is 0 Å². The summed E-state index contributed by atoms with van der Waals surface area (Å²) in [5.74, 6) is -0.929. The van der Waals surface area contributed by atoms with Gasteiger partial charge in [0.15, 0.2) is 0 Å². The number of nitrogens with zero attached hydrogens (tertiary/aromatic N) is 1. The molecule has 0 atom stereocenters. The number of anilines is 1. The summed E-state index contributed by atoms with van der Waals surface area (Å²) in [5, 5.41) is 18.3.